The number of rotatable bonds is 13. The zero-order chi connectivity index (χ0) is 26.8. The van der Waals surface area contributed by atoms with E-state index in [1.807, 2.05) is 6.92 Å². The Morgan fingerprint density at radius 1 is 0.946 bits per heavy atom. The molecule has 0 spiro atoms. The molecule has 0 aromatic heterocycles. The summed E-state index contributed by atoms with van der Waals surface area (Å²) in [5, 5.41) is 2.24. The van der Waals surface area contributed by atoms with E-state index in [1.54, 1.807) is 36.4 Å². The average molecular weight is 573 g/mol. The van der Waals surface area contributed by atoms with Crippen LogP contribution >= 0.6 is 15.9 Å². The Labute approximate surface area is 226 Å². The molecule has 8 nitrogen and oxygen atoms in total. The Kier molecular flexibility index (Phi) is 10.6. The molecule has 1 N–H and O–H groups in total. The Bertz CT molecular complexity index is 1150. The molecule has 0 radical (unpaired) electrons. The van der Waals surface area contributed by atoms with Crippen molar-refractivity contribution in [3.8, 4) is 17.2 Å². The number of halogens is 1. The number of ether oxygens (including phenoxy) is 3. The lowest BCUT2D eigenvalue weighted by atomic mass is 10.1. The Morgan fingerprint density at radius 2 is 1.65 bits per heavy atom. The van der Waals surface area contributed by atoms with Gasteiger partial charge in [-0.1, -0.05) is 39.0 Å². The summed E-state index contributed by atoms with van der Waals surface area (Å²) < 4.78 is 17.6. The third kappa shape index (κ3) is 7.35. The van der Waals surface area contributed by atoms with E-state index in [0.717, 1.165) is 17.7 Å². The summed E-state index contributed by atoms with van der Waals surface area (Å²) in [4.78, 5) is 39.2. The molecule has 9 heteroatoms. The van der Waals surface area contributed by atoms with Crippen LogP contribution in [0.25, 0.3) is 6.08 Å². The van der Waals surface area contributed by atoms with Crippen LogP contribution in [0.15, 0.2) is 46.4 Å². The number of hydrogen-bond donors (Lipinski definition) is 1. The first-order valence-corrected chi connectivity index (χ1v) is 13.3. The summed E-state index contributed by atoms with van der Waals surface area (Å²) >= 11 is 3.54. The molecular formula is C28H33BrN2O6. The zero-order valence-electron chi connectivity index (χ0n) is 21.5. The molecule has 2 aromatic carbocycles. The van der Waals surface area contributed by atoms with Crippen molar-refractivity contribution < 1.29 is 28.6 Å². The maximum atomic E-state index is 13.2. The number of urea groups is 1. The van der Waals surface area contributed by atoms with Gasteiger partial charge in [-0.15, -0.1) is 0 Å². The molecule has 2 aromatic rings. The fraction of sp³-hybridized carbons (Fsp3) is 0.393. The molecule has 37 heavy (non-hydrogen) atoms. The standard InChI is InChI=1S/C28H33BrN2O6/c1-4-6-7-8-9-10-15-37-25-23(29)17-19(18-24(25)36-5-2)16-22-26(32)30-28(34)31(27(22)33)20-11-13-21(35-3)14-12-20/h11-14,16-18H,4-10,15H2,1-3H3,(H,30,32,34)/b22-16+. The van der Waals surface area contributed by atoms with Crippen LogP contribution in [0.5, 0.6) is 17.2 Å². The molecule has 1 saturated heterocycles. The van der Waals surface area contributed by atoms with E-state index >= 15 is 0 Å². The summed E-state index contributed by atoms with van der Waals surface area (Å²) in [6.45, 7) is 5.04. The first-order chi connectivity index (χ1) is 17.9. The van der Waals surface area contributed by atoms with Gasteiger partial charge in [0.15, 0.2) is 11.5 Å². The van der Waals surface area contributed by atoms with Gasteiger partial charge < -0.3 is 14.2 Å². The molecule has 1 fully saturated rings. The number of barbiturate groups is 1. The van der Waals surface area contributed by atoms with Crippen molar-refractivity contribution in [1.29, 1.82) is 0 Å². The number of anilines is 1. The fourth-order valence-corrected chi connectivity index (χ4v) is 4.50. The third-order valence-electron chi connectivity index (χ3n) is 5.82. The largest absolute Gasteiger partial charge is 0.497 e. The molecule has 0 saturated carbocycles. The topological polar surface area (TPSA) is 94.2 Å². The number of carbonyl (C=O) groups is 3. The van der Waals surface area contributed by atoms with Crippen molar-refractivity contribution in [2.45, 2.75) is 52.4 Å². The second-order valence-corrected chi connectivity index (χ2v) is 9.39. The normalized spacial score (nSPS) is 14.6. The van der Waals surface area contributed by atoms with Crippen LogP contribution in [0.4, 0.5) is 10.5 Å². The van der Waals surface area contributed by atoms with Gasteiger partial charge in [0.1, 0.15) is 11.3 Å². The van der Waals surface area contributed by atoms with Crippen molar-refractivity contribution >= 4 is 45.5 Å². The van der Waals surface area contributed by atoms with E-state index in [0.29, 0.717) is 46.2 Å². The molecule has 1 heterocycles. The average Bonchev–Trinajstić information content (AvgIpc) is 2.87. The van der Waals surface area contributed by atoms with Gasteiger partial charge in [-0.3, -0.25) is 14.9 Å². The molecule has 198 valence electrons. The van der Waals surface area contributed by atoms with E-state index in [4.69, 9.17) is 14.2 Å². The lowest BCUT2D eigenvalue weighted by Crippen LogP contribution is -2.54. The van der Waals surface area contributed by atoms with E-state index in [9.17, 15) is 14.4 Å². The van der Waals surface area contributed by atoms with E-state index in [1.165, 1.54) is 38.9 Å². The van der Waals surface area contributed by atoms with Crippen LogP contribution in [0.3, 0.4) is 0 Å². The second-order valence-electron chi connectivity index (χ2n) is 8.54. The van der Waals surface area contributed by atoms with Gasteiger partial charge in [-0.05, 0) is 77.3 Å². The molecule has 0 aliphatic carbocycles. The predicted octanol–water partition coefficient (Wildman–Crippen LogP) is 6.26. The van der Waals surface area contributed by atoms with Crippen LogP contribution in [0.2, 0.25) is 0 Å². The van der Waals surface area contributed by atoms with E-state index in [2.05, 4.69) is 28.2 Å². The summed E-state index contributed by atoms with van der Waals surface area (Å²) in [6, 6.07) is 9.06. The summed E-state index contributed by atoms with van der Waals surface area (Å²) in [7, 11) is 1.52. The maximum absolute atomic E-state index is 13.2. The minimum Gasteiger partial charge on any atom is -0.497 e. The molecule has 4 amide bonds. The number of amides is 4. The van der Waals surface area contributed by atoms with Gasteiger partial charge in [0.2, 0.25) is 0 Å². The molecular weight excluding hydrogens is 540 g/mol. The van der Waals surface area contributed by atoms with Crippen molar-refractivity contribution in [2.24, 2.45) is 0 Å². The summed E-state index contributed by atoms with van der Waals surface area (Å²) in [6.07, 6.45) is 8.38. The van der Waals surface area contributed by atoms with Gasteiger partial charge in [-0.25, -0.2) is 9.69 Å². The van der Waals surface area contributed by atoms with Gasteiger partial charge in [0.25, 0.3) is 11.8 Å². The zero-order valence-corrected chi connectivity index (χ0v) is 23.1. The molecule has 1 aliphatic rings. The van der Waals surface area contributed by atoms with Crippen molar-refractivity contribution in [3.05, 3.63) is 52.0 Å². The minimum absolute atomic E-state index is 0.175. The SMILES string of the molecule is CCCCCCCCOc1c(Br)cc(/C=C2\C(=O)NC(=O)N(c3ccc(OC)cc3)C2=O)cc1OCC. The number of carbonyl (C=O) groups excluding carboxylic acids is 3. The van der Waals surface area contributed by atoms with Crippen molar-refractivity contribution in [2.75, 3.05) is 25.2 Å². The predicted molar refractivity (Wildman–Crippen MR) is 146 cm³/mol. The minimum atomic E-state index is -0.813. The summed E-state index contributed by atoms with van der Waals surface area (Å²) in [5.74, 6) is 0.162. The summed E-state index contributed by atoms with van der Waals surface area (Å²) in [5.41, 5.74) is 0.687. The number of benzene rings is 2. The highest BCUT2D eigenvalue weighted by Gasteiger charge is 2.36. The number of nitrogens with one attached hydrogen (secondary N) is 1. The van der Waals surface area contributed by atoms with Gasteiger partial charge in [0, 0.05) is 0 Å². The highest BCUT2D eigenvalue weighted by molar-refractivity contribution is 9.10. The van der Waals surface area contributed by atoms with E-state index < -0.39 is 17.8 Å². The van der Waals surface area contributed by atoms with Gasteiger partial charge in [0.05, 0.1) is 30.5 Å². The Morgan fingerprint density at radius 3 is 2.32 bits per heavy atom. The monoisotopic (exact) mass is 572 g/mol. The van der Waals surface area contributed by atoms with Crippen LogP contribution in [0, 0.1) is 0 Å². The molecule has 3 rings (SSSR count). The van der Waals surface area contributed by atoms with E-state index in [-0.39, 0.29) is 5.57 Å². The first-order valence-electron chi connectivity index (χ1n) is 12.5. The second kappa shape index (κ2) is 13.8. The van der Waals surface area contributed by atoms with Gasteiger partial charge in [-0.2, -0.15) is 0 Å². The Hall–Kier alpha value is -3.33. The smallest absolute Gasteiger partial charge is 0.335 e. The van der Waals surface area contributed by atoms with Crippen LogP contribution in [-0.2, 0) is 9.59 Å². The number of imide groups is 2. The lowest BCUT2D eigenvalue weighted by Gasteiger charge is -2.26. The maximum Gasteiger partial charge on any atom is 0.335 e. The number of hydrogen-bond acceptors (Lipinski definition) is 6. The van der Waals surface area contributed by atoms with Gasteiger partial charge >= 0.3 is 6.03 Å². The first kappa shape index (κ1) is 28.2. The highest BCUT2D eigenvalue weighted by atomic mass is 79.9. The number of methoxy groups -OCH3 is 1. The highest BCUT2D eigenvalue weighted by Crippen LogP contribution is 2.38. The number of nitrogens with zero attached hydrogens (tertiary/aromatic N) is 1. The number of unbranched alkanes of at least 4 members (excludes halogenated alkanes) is 5. The molecule has 1 aliphatic heterocycles. The van der Waals surface area contributed by atoms with Crippen LogP contribution < -0.4 is 24.4 Å². The lowest BCUT2D eigenvalue weighted by molar-refractivity contribution is -0.122. The quantitative estimate of drug-likeness (QED) is 0.173. The van der Waals surface area contributed by atoms with Crippen molar-refractivity contribution in [1.82, 2.24) is 5.32 Å². The van der Waals surface area contributed by atoms with Crippen LogP contribution in [0.1, 0.15) is 57.9 Å². The van der Waals surface area contributed by atoms with Crippen molar-refractivity contribution in [3.63, 3.8) is 0 Å². The Balaban J connectivity index is 1.81. The third-order valence-corrected chi connectivity index (χ3v) is 6.41. The molecule has 0 unspecified atom stereocenters. The molecule has 0 atom stereocenters. The molecule has 0 bridgehead atoms. The fourth-order valence-electron chi connectivity index (χ4n) is 3.92. The van der Waals surface area contributed by atoms with Crippen LogP contribution in [-0.4, -0.2) is 38.2 Å².